The molecule has 1 aliphatic rings. The van der Waals surface area contributed by atoms with Crippen LogP contribution in [0.25, 0.3) is 0 Å². The second-order valence-electron chi connectivity index (χ2n) is 7.26. The quantitative estimate of drug-likeness (QED) is 0.727. The minimum atomic E-state index is 0.0304. The molecule has 6 nitrogen and oxygen atoms in total. The second kappa shape index (κ2) is 8.73. The highest BCUT2D eigenvalue weighted by molar-refractivity contribution is 5.95. The Labute approximate surface area is 171 Å². The average molecular weight is 387 g/mol. The molecule has 0 saturated carbocycles. The number of hydrogen-bond acceptors (Lipinski definition) is 5. The molecule has 1 amide bonds. The van der Waals surface area contributed by atoms with E-state index in [9.17, 15) is 4.79 Å². The van der Waals surface area contributed by atoms with Crippen LogP contribution in [0, 0.1) is 6.92 Å². The van der Waals surface area contributed by atoms with Gasteiger partial charge in [-0.25, -0.2) is 0 Å². The van der Waals surface area contributed by atoms with E-state index in [-0.39, 0.29) is 5.91 Å². The van der Waals surface area contributed by atoms with E-state index >= 15 is 0 Å². The standard InChI is InChI=1S/C23H25N5O/c1-18-5-4-7-22(13-18)27-9-11-28(12-10-27)23(29)19-14-21(16-24-15-19)26-17-20-6-2-3-8-25-20/h2-8,13-16,26H,9-12,17H2,1H3. The molecule has 1 fully saturated rings. The van der Waals surface area contributed by atoms with Gasteiger partial charge >= 0.3 is 0 Å². The van der Waals surface area contributed by atoms with E-state index in [1.165, 1.54) is 11.3 Å². The van der Waals surface area contributed by atoms with Crippen molar-refractivity contribution in [1.82, 2.24) is 14.9 Å². The van der Waals surface area contributed by atoms with Gasteiger partial charge in [-0.1, -0.05) is 18.2 Å². The number of carbonyl (C=O) groups excluding carboxylic acids is 1. The maximum Gasteiger partial charge on any atom is 0.255 e. The summed E-state index contributed by atoms with van der Waals surface area (Å²) in [6.45, 7) is 5.78. The summed E-state index contributed by atoms with van der Waals surface area (Å²) in [5, 5.41) is 3.29. The average Bonchev–Trinajstić information content (AvgIpc) is 2.78. The number of aromatic nitrogens is 2. The molecule has 0 bridgehead atoms. The summed E-state index contributed by atoms with van der Waals surface area (Å²) in [5.41, 5.74) is 4.85. The monoisotopic (exact) mass is 387 g/mol. The Morgan fingerprint density at radius 2 is 1.90 bits per heavy atom. The fourth-order valence-corrected chi connectivity index (χ4v) is 3.52. The number of aryl methyl sites for hydroxylation is 1. The molecule has 0 aliphatic carbocycles. The van der Waals surface area contributed by atoms with Crippen molar-refractivity contribution in [2.24, 2.45) is 0 Å². The summed E-state index contributed by atoms with van der Waals surface area (Å²) in [7, 11) is 0. The number of piperazine rings is 1. The Balaban J connectivity index is 1.36. The van der Waals surface area contributed by atoms with E-state index in [0.717, 1.165) is 24.5 Å². The molecule has 2 aromatic heterocycles. The van der Waals surface area contributed by atoms with E-state index in [4.69, 9.17) is 0 Å². The zero-order valence-corrected chi connectivity index (χ0v) is 16.6. The Morgan fingerprint density at radius 3 is 2.66 bits per heavy atom. The molecule has 148 valence electrons. The molecule has 6 heteroatoms. The normalized spacial score (nSPS) is 14.0. The third-order valence-corrected chi connectivity index (χ3v) is 5.12. The number of anilines is 2. The number of benzene rings is 1. The lowest BCUT2D eigenvalue weighted by atomic mass is 10.1. The zero-order valence-electron chi connectivity index (χ0n) is 16.6. The highest BCUT2D eigenvalue weighted by atomic mass is 16.2. The van der Waals surface area contributed by atoms with E-state index in [0.29, 0.717) is 25.2 Å². The van der Waals surface area contributed by atoms with Crippen LogP contribution in [-0.4, -0.2) is 47.0 Å². The molecule has 3 aromatic rings. The minimum absolute atomic E-state index is 0.0304. The molecule has 0 atom stereocenters. The largest absolute Gasteiger partial charge is 0.378 e. The number of carbonyl (C=O) groups is 1. The van der Waals surface area contributed by atoms with Gasteiger partial charge in [0.1, 0.15) is 0 Å². The first-order valence-corrected chi connectivity index (χ1v) is 9.89. The van der Waals surface area contributed by atoms with Crippen molar-refractivity contribution in [2.75, 3.05) is 36.4 Å². The predicted molar refractivity (Wildman–Crippen MR) is 115 cm³/mol. The lowest BCUT2D eigenvalue weighted by molar-refractivity contribution is 0.0746. The van der Waals surface area contributed by atoms with Crippen LogP contribution in [0.2, 0.25) is 0 Å². The molecule has 3 heterocycles. The van der Waals surface area contributed by atoms with Gasteiger partial charge in [-0.05, 0) is 42.8 Å². The lowest BCUT2D eigenvalue weighted by Crippen LogP contribution is -2.48. The smallest absolute Gasteiger partial charge is 0.255 e. The molecule has 1 aromatic carbocycles. The van der Waals surface area contributed by atoms with Crippen LogP contribution in [0.15, 0.2) is 67.1 Å². The third-order valence-electron chi connectivity index (χ3n) is 5.12. The molecule has 0 radical (unpaired) electrons. The van der Waals surface area contributed by atoms with Gasteiger partial charge in [0.15, 0.2) is 0 Å². The third kappa shape index (κ3) is 4.71. The molecule has 1 saturated heterocycles. The van der Waals surface area contributed by atoms with Crippen molar-refractivity contribution in [3.8, 4) is 0 Å². The summed E-state index contributed by atoms with van der Waals surface area (Å²) >= 11 is 0. The van der Waals surface area contributed by atoms with Crippen LogP contribution in [0.1, 0.15) is 21.6 Å². The number of rotatable bonds is 5. The lowest BCUT2D eigenvalue weighted by Gasteiger charge is -2.36. The fraction of sp³-hybridized carbons (Fsp3) is 0.261. The molecular weight excluding hydrogens is 362 g/mol. The second-order valence-corrected chi connectivity index (χ2v) is 7.26. The van der Waals surface area contributed by atoms with Gasteiger partial charge < -0.3 is 15.1 Å². The van der Waals surface area contributed by atoms with Crippen LogP contribution in [0.5, 0.6) is 0 Å². The van der Waals surface area contributed by atoms with Crippen LogP contribution in [0.3, 0.4) is 0 Å². The molecular formula is C23H25N5O. The van der Waals surface area contributed by atoms with Crippen molar-refractivity contribution in [2.45, 2.75) is 13.5 Å². The van der Waals surface area contributed by atoms with Crippen LogP contribution in [-0.2, 0) is 6.54 Å². The molecule has 0 spiro atoms. The van der Waals surface area contributed by atoms with E-state index in [1.54, 1.807) is 18.6 Å². The first-order valence-electron chi connectivity index (χ1n) is 9.89. The Kier molecular flexibility index (Phi) is 5.70. The first-order chi connectivity index (χ1) is 14.2. The van der Waals surface area contributed by atoms with Gasteiger partial charge in [-0.3, -0.25) is 14.8 Å². The van der Waals surface area contributed by atoms with Crippen molar-refractivity contribution < 1.29 is 4.79 Å². The molecule has 29 heavy (non-hydrogen) atoms. The summed E-state index contributed by atoms with van der Waals surface area (Å²) in [5.74, 6) is 0.0304. The van der Waals surface area contributed by atoms with Crippen molar-refractivity contribution in [3.63, 3.8) is 0 Å². The molecule has 4 rings (SSSR count). The van der Waals surface area contributed by atoms with Gasteiger partial charge in [0.2, 0.25) is 0 Å². The van der Waals surface area contributed by atoms with Crippen LogP contribution in [0.4, 0.5) is 11.4 Å². The summed E-state index contributed by atoms with van der Waals surface area (Å²) < 4.78 is 0. The number of nitrogens with one attached hydrogen (secondary N) is 1. The number of pyridine rings is 2. The number of nitrogens with zero attached hydrogens (tertiary/aromatic N) is 4. The maximum absolute atomic E-state index is 13.0. The van der Waals surface area contributed by atoms with Gasteiger partial charge in [0, 0.05) is 50.5 Å². The number of hydrogen-bond donors (Lipinski definition) is 1. The van der Waals surface area contributed by atoms with Crippen LogP contribution < -0.4 is 10.2 Å². The number of amides is 1. The van der Waals surface area contributed by atoms with Crippen LogP contribution >= 0.6 is 0 Å². The van der Waals surface area contributed by atoms with Gasteiger partial charge in [0.25, 0.3) is 5.91 Å². The van der Waals surface area contributed by atoms with Crippen molar-refractivity contribution in [3.05, 3.63) is 83.9 Å². The van der Waals surface area contributed by atoms with Gasteiger partial charge in [-0.15, -0.1) is 0 Å². The molecule has 1 aliphatic heterocycles. The Morgan fingerprint density at radius 1 is 1.03 bits per heavy atom. The van der Waals surface area contributed by atoms with E-state index in [2.05, 4.69) is 51.4 Å². The molecule has 1 N–H and O–H groups in total. The SMILES string of the molecule is Cc1cccc(N2CCN(C(=O)c3cncc(NCc4ccccn4)c3)CC2)c1. The highest BCUT2D eigenvalue weighted by Gasteiger charge is 2.22. The fourth-order valence-electron chi connectivity index (χ4n) is 3.52. The Hall–Kier alpha value is -3.41. The van der Waals surface area contributed by atoms with Crippen molar-refractivity contribution >= 4 is 17.3 Å². The molecule has 0 unspecified atom stereocenters. The van der Waals surface area contributed by atoms with Gasteiger partial charge in [-0.2, -0.15) is 0 Å². The summed E-state index contributed by atoms with van der Waals surface area (Å²) in [4.78, 5) is 25.7. The summed E-state index contributed by atoms with van der Waals surface area (Å²) in [6.07, 6.45) is 5.14. The highest BCUT2D eigenvalue weighted by Crippen LogP contribution is 2.19. The van der Waals surface area contributed by atoms with Gasteiger partial charge in [0.05, 0.1) is 23.5 Å². The Bertz CT molecular complexity index is 968. The van der Waals surface area contributed by atoms with E-state index in [1.807, 2.05) is 29.2 Å². The summed E-state index contributed by atoms with van der Waals surface area (Å²) in [6, 6.07) is 16.2. The van der Waals surface area contributed by atoms with Crippen molar-refractivity contribution in [1.29, 1.82) is 0 Å². The maximum atomic E-state index is 13.0. The minimum Gasteiger partial charge on any atom is -0.378 e. The predicted octanol–water partition coefficient (Wildman–Crippen LogP) is 3.36. The zero-order chi connectivity index (χ0) is 20.1. The first kappa shape index (κ1) is 18.9. The van der Waals surface area contributed by atoms with E-state index < -0.39 is 0 Å². The topological polar surface area (TPSA) is 61.4 Å².